The largest absolute Gasteiger partial charge is 0.378 e. The maximum atomic E-state index is 13.0. The number of ether oxygens (including phenoxy) is 1. The van der Waals surface area contributed by atoms with Crippen LogP contribution in [-0.4, -0.2) is 37.1 Å². The zero-order chi connectivity index (χ0) is 19.3. The van der Waals surface area contributed by atoms with Gasteiger partial charge in [0.05, 0.1) is 18.1 Å². The van der Waals surface area contributed by atoms with Gasteiger partial charge in [-0.1, -0.05) is 32.0 Å². The lowest BCUT2D eigenvalue weighted by atomic mass is 9.74. The lowest BCUT2D eigenvalue weighted by molar-refractivity contribution is 0.0918. The second-order valence-corrected chi connectivity index (χ2v) is 9.53. The minimum atomic E-state index is -0.00563. The van der Waals surface area contributed by atoms with Gasteiger partial charge in [0, 0.05) is 42.9 Å². The van der Waals surface area contributed by atoms with Gasteiger partial charge in [-0.3, -0.25) is 9.78 Å². The highest BCUT2D eigenvalue weighted by Crippen LogP contribution is 2.50. The number of ketones is 1. The number of fused-ring (bicyclic) bond motifs is 2. The fraction of sp³-hybridized carbons (Fsp3) is 0.391. The maximum absolute atomic E-state index is 13.0. The van der Waals surface area contributed by atoms with Crippen LogP contribution >= 0.6 is 11.3 Å². The number of rotatable bonds is 2. The Morgan fingerprint density at radius 1 is 1.14 bits per heavy atom. The lowest BCUT2D eigenvalue weighted by Gasteiger charge is -2.30. The Labute approximate surface area is 169 Å². The van der Waals surface area contributed by atoms with Crippen LogP contribution in [0, 0.1) is 5.41 Å². The molecule has 5 rings (SSSR count). The molecule has 1 saturated heterocycles. The second kappa shape index (κ2) is 6.68. The number of carbonyl (C=O) groups excluding carboxylic acids is 1. The summed E-state index contributed by atoms with van der Waals surface area (Å²) in [4.78, 5) is 20.7. The van der Waals surface area contributed by atoms with Crippen LogP contribution in [0.1, 0.15) is 35.5 Å². The SMILES string of the molecule is CC1(C)CC(=O)c2sc(N3CCOCC3)c(-c3cccc4cnccc34)c2C1. The topological polar surface area (TPSA) is 42.4 Å². The summed E-state index contributed by atoms with van der Waals surface area (Å²) in [6, 6.07) is 8.49. The average molecular weight is 393 g/mol. The molecule has 28 heavy (non-hydrogen) atoms. The molecular formula is C23H24N2O2S. The van der Waals surface area contributed by atoms with Crippen LogP contribution in [0.25, 0.3) is 21.9 Å². The van der Waals surface area contributed by atoms with Crippen LogP contribution in [-0.2, 0) is 11.2 Å². The number of aromatic nitrogens is 1. The summed E-state index contributed by atoms with van der Waals surface area (Å²) in [5.41, 5.74) is 3.69. The first-order valence-corrected chi connectivity index (χ1v) is 10.7. The van der Waals surface area contributed by atoms with Crippen molar-refractivity contribution in [3.63, 3.8) is 0 Å². The molecule has 2 aliphatic rings. The molecular weight excluding hydrogens is 368 g/mol. The Kier molecular flexibility index (Phi) is 4.25. The summed E-state index contributed by atoms with van der Waals surface area (Å²) in [5, 5.41) is 3.56. The first-order valence-electron chi connectivity index (χ1n) is 9.88. The number of carbonyl (C=O) groups is 1. The Hall–Kier alpha value is -2.24. The highest BCUT2D eigenvalue weighted by atomic mass is 32.1. The van der Waals surface area contributed by atoms with Gasteiger partial charge in [0.15, 0.2) is 5.78 Å². The Morgan fingerprint density at radius 2 is 1.96 bits per heavy atom. The fourth-order valence-electron chi connectivity index (χ4n) is 4.51. The fourth-order valence-corrected chi connectivity index (χ4v) is 5.83. The molecule has 1 fully saturated rings. The zero-order valence-electron chi connectivity index (χ0n) is 16.3. The molecule has 3 heterocycles. The Morgan fingerprint density at radius 3 is 2.79 bits per heavy atom. The van der Waals surface area contributed by atoms with Crippen molar-refractivity contribution in [1.82, 2.24) is 4.98 Å². The van der Waals surface area contributed by atoms with Crippen molar-refractivity contribution in [3.8, 4) is 11.1 Å². The number of Topliss-reactive ketones (excluding diaryl/α,β-unsaturated/α-hetero) is 1. The number of benzene rings is 1. The summed E-state index contributed by atoms with van der Waals surface area (Å²) in [6.07, 6.45) is 5.34. The van der Waals surface area contributed by atoms with E-state index in [-0.39, 0.29) is 5.41 Å². The Bertz CT molecular complexity index is 1060. The molecule has 4 nitrogen and oxygen atoms in total. The molecule has 0 bridgehead atoms. The van der Waals surface area contributed by atoms with E-state index in [0.717, 1.165) is 43.0 Å². The van der Waals surface area contributed by atoms with Crippen molar-refractivity contribution in [1.29, 1.82) is 0 Å². The highest BCUT2D eigenvalue weighted by Gasteiger charge is 2.37. The van der Waals surface area contributed by atoms with Crippen molar-refractivity contribution in [2.75, 3.05) is 31.2 Å². The van der Waals surface area contributed by atoms with E-state index in [4.69, 9.17) is 4.74 Å². The van der Waals surface area contributed by atoms with Crippen LogP contribution in [0.2, 0.25) is 0 Å². The predicted octanol–water partition coefficient (Wildman–Crippen LogP) is 4.96. The third-order valence-electron chi connectivity index (χ3n) is 5.78. The van der Waals surface area contributed by atoms with Crippen molar-refractivity contribution in [3.05, 3.63) is 47.1 Å². The molecule has 2 aromatic heterocycles. The number of thiophene rings is 1. The minimum Gasteiger partial charge on any atom is -0.378 e. The molecule has 1 aliphatic heterocycles. The molecule has 0 N–H and O–H groups in total. The van der Waals surface area contributed by atoms with Gasteiger partial charge in [0.2, 0.25) is 0 Å². The summed E-state index contributed by atoms with van der Waals surface area (Å²) in [6.45, 7) is 7.63. The van der Waals surface area contributed by atoms with Crippen molar-refractivity contribution < 1.29 is 9.53 Å². The third kappa shape index (κ3) is 2.93. The van der Waals surface area contributed by atoms with Gasteiger partial charge in [-0.15, -0.1) is 11.3 Å². The van der Waals surface area contributed by atoms with Crippen LogP contribution in [0.5, 0.6) is 0 Å². The predicted molar refractivity (Wildman–Crippen MR) is 115 cm³/mol. The summed E-state index contributed by atoms with van der Waals surface area (Å²) >= 11 is 1.69. The molecule has 5 heteroatoms. The normalized spacial score (nSPS) is 19.1. The van der Waals surface area contributed by atoms with E-state index < -0.39 is 0 Å². The number of hydrogen-bond donors (Lipinski definition) is 0. The van der Waals surface area contributed by atoms with Gasteiger partial charge >= 0.3 is 0 Å². The van der Waals surface area contributed by atoms with Gasteiger partial charge in [-0.25, -0.2) is 0 Å². The average Bonchev–Trinajstić information content (AvgIpc) is 3.06. The van der Waals surface area contributed by atoms with Gasteiger partial charge in [0.1, 0.15) is 5.00 Å². The van der Waals surface area contributed by atoms with Crippen LogP contribution in [0.15, 0.2) is 36.7 Å². The van der Waals surface area contributed by atoms with E-state index in [1.165, 1.54) is 27.1 Å². The Balaban J connectivity index is 1.78. The molecule has 1 aliphatic carbocycles. The van der Waals surface area contributed by atoms with E-state index in [2.05, 4.69) is 48.0 Å². The van der Waals surface area contributed by atoms with E-state index >= 15 is 0 Å². The summed E-state index contributed by atoms with van der Waals surface area (Å²) < 4.78 is 5.58. The van der Waals surface area contributed by atoms with Gasteiger partial charge < -0.3 is 9.64 Å². The first-order chi connectivity index (χ1) is 13.5. The van der Waals surface area contributed by atoms with Crippen LogP contribution < -0.4 is 4.90 Å². The molecule has 0 saturated carbocycles. The molecule has 3 aromatic rings. The van der Waals surface area contributed by atoms with E-state index in [1.54, 1.807) is 11.3 Å². The number of morpholine rings is 1. The van der Waals surface area contributed by atoms with E-state index in [0.29, 0.717) is 12.2 Å². The third-order valence-corrected chi connectivity index (χ3v) is 7.12. The lowest BCUT2D eigenvalue weighted by Crippen LogP contribution is -2.36. The molecule has 0 radical (unpaired) electrons. The summed E-state index contributed by atoms with van der Waals surface area (Å²) in [7, 11) is 0. The van der Waals surface area contributed by atoms with Crippen LogP contribution in [0.4, 0.5) is 5.00 Å². The molecule has 0 atom stereocenters. The van der Waals surface area contributed by atoms with Crippen molar-refractivity contribution >= 4 is 32.9 Å². The molecule has 1 aromatic carbocycles. The molecule has 0 amide bonds. The summed E-state index contributed by atoms with van der Waals surface area (Å²) in [5.74, 6) is 0.291. The monoisotopic (exact) mass is 392 g/mol. The van der Waals surface area contributed by atoms with Crippen molar-refractivity contribution in [2.24, 2.45) is 5.41 Å². The standard InChI is InChI=1S/C23H24N2O2S/c1-23(2)12-18-20(17-5-3-4-15-14-24-7-6-16(15)17)22(25-8-10-27-11-9-25)28-21(18)19(26)13-23/h3-7,14H,8-13H2,1-2H3. The quantitative estimate of drug-likeness (QED) is 0.618. The van der Waals surface area contributed by atoms with Gasteiger partial charge in [0.25, 0.3) is 0 Å². The smallest absolute Gasteiger partial charge is 0.173 e. The zero-order valence-corrected chi connectivity index (χ0v) is 17.1. The second-order valence-electron chi connectivity index (χ2n) is 8.53. The van der Waals surface area contributed by atoms with Crippen LogP contribution in [0.3, 0.4) is 0 Å². The van der Waals surface area contributed by atoms with E-state index in [1.807, 2.05) is 12.4 Å². The molecule has 144 valence electrons. The number of anilines is 1. The molecule has 0 spiro atoms. The maximum Gasteiger partial charge on any atom is 0.173 e. The molecule has 0 unspecified atom stereocenters. The van der Waals surface area contributed by atoms with Gasteiger partial charge in [-0.2, -0.15) is 0 Å². The van der Waals surface area contributed by atoms with E-state index in [9.17, 15) is 4.79 Å². The number of pyridine rings is 1. The van der Waals surface area contributed by atoms with Crippen molar-refractivity contribution in [2.45, 2.75) is 26.7 Å². The number of nitrogens with zero attached hydrogens (tertiary/aromatic N) is 2. The van der Waals surface area contributed by atoms with Gasteiger partial charge in [-0.05, 0) is 34.4 Å². The highest BCUT2D eigenvalue weighted by molar-refractivity contribution is 7.19. The number of hydrogen-bond acceptors (Lipinski definition) is 5. The minimum absolute atomic E-state index is 0.00563. The first kappa shape index (κ1) is 17.8.